The molecule has 7 nitrogen and oxygen atoms in total. The molecule has 0 atom stereocenters. The van der Waals surface area contributed by atoms with Crippen molar-refractivity contribution in [1.29, 1.82) is 0 Å². The van der Waals surface area contributed by atoms with Gasteiger partial charge in [-0.2, -0.15) is 0 Å². The maximum Gasteiger partial charge on any atom is 0.269 e. The lowest BCUT2D eigenvalue weighted by Crippen LogP contribution is -2.32. The van der Waals surface area contributed by atoms with Crippen molar-refractivity contribution in [3.63, 3.8) is 0 Å². The normalized spacial score (nSPS) is 10.8. The molecule has 1 aromatic heterocycles. The van der Waals surface area contributed by atoms with E-state index in [2.05, 4.69) is 0 Å². The number of fused-ring (bicyclic) bond motifs is 1. The Bertz CT molecular complexity index is 1350. The van der Waals surface area contributed by atoms with E-state index in [1.165, 1.54) is 47.6 Å². The predicted octanol–water partition coefficient (Wildman–Crippen LogP) is 4.68. The highest BCUT2D eigenvalue weighted by Crippen LogP contribution is 2.18. The van der Waals surface area contributed by atoms with Gasteiger partial charge in [-0.05, 0) is 42.0 Å². The van der Waals surface area contributed by atoms with E-state index < -0.39 is 16.6 Å². The van der Waals surface area contributed by atoms with Gasteiger partial charge in [0.15, 0.2) is 5.43 Å². The summed E-state index contributed by atoms with van der Waals surface area (Å²) >= 11 is 0. The Morgan fingerprint density at radius 3 is 2.34 bits per heavy atom. The van der Waals surface area contributed by atoms with Gasteiger partial charge in [-0.15, -0.1) is 0 Å². The third-order valence-electron chi connectivity index (χ3n) is 5.01. The maximum atomic E-state index is 13.3. The number of rotatable bonds is 6. The Morgan fingerprint density at radius 1 is 0.969 bits per heavy atom. The third kappa shape index (κ3) is 4.39. The van der Waals surface area contributed by atoms with Crippen LogP contribution in [0, 0.1) is 15.9 Å². The highest BCUT2D eigenvalue weighted by atomic mass is 19.1. The van der Waals surface area contributed by atoms with Crippen LogP contribution in [0.2, 0.25) is 0 Å². The second-order valence-electron chi connectivity index (χ2n) is 7.18. The molecule has 0 saturated heterocycles. The number of nitro benzene ring substituents is 1. The van der Waals surface area contributed by atoms with Gasteiger partial charge in [0.05, 0.1) is 28.7 Å². The Balaban J connectivity index is 1.69. The van der Waals surface area contributed by atoms with Gasteiger partial charge >= 0.3 is 0 Å². The summed E-state index contributed by atoms with van der Waals surface area (Å²) in [4.78, 5) is 37.9. The lowest BCUT2D eigenvalue weighted by atomic mass is 10.1. The molecule has 1 heterocycles. The zero-order chi connectivity index (χ0) is 22.7. The molecule has 0 bridgehead atoms. The van der Waals surface area contributed by atoms with Gasteiger partial charge in [-0.3, -0.25) is 19.7 Å². The van der Waals surface area contributed by atoms with Crippen LogP contribution in [0.4, 0.5) is 10.1 Å². The fourth-order valence-corrected chi connectivity index (χ4v) is 3.35. The quantitative estimate of drug-likeness (QED) is 0.326. The van der Waals surface area contributed by atoms with Gasteiger partial charge in [0.1, 0.15) is 11.4 Å². The van der Waals surface area contributed by atoms with Crippen LogP contribution in [0.1, 0.15) is 21.5 Å². The maximum absolute atomic E-state index is 13.3. The summed E-state index contributed by atoms with van der Waals surface area (Å²) in [6.45, 7) is 0.0444. The molecular formula is C24H17FN2O5. The van der Waals surface area contributed by atoms with Gasteiger partial charge in [0.2, 0.25) is 0 Å². The molecule has 0 N–H and O–H groups in total. The number of hydrogen-bond acceptors (Lipinski definition) is 5. The summed E-state index contributed by atoms with van der Waals surface area (Å²) in [7, 11) is 0. The molecule has 4 rings (SSSR count). The zero-order valence-corrected chi connectivity index (χ0v) is 16.7. The molecular weight excluding hydrogens is 415 g/mol. The molecule has 0 unspecified atom stereocenters. The first-order chi connectivity index (χ1) is 15.4. The molecule has 0 aliphatic rings. The molecule has 8 heteroatoms. The number of carbonyl (C=O) groups is 1. The van der Waals surface area contributed by atoms with Crippen molar-refractivity contribution in [2.24, 2.45) is 0 Å². The van der Waals surface area contributed by atoms with Gasteiger partial charge in [0, 0.05) is 24.2 Å². The summed E-state index contributed by atoms with van der Waals surface area (Å²) in [5.41, 5.74) is 1.21. The van der Waals surface area contributed by atoms with Gasteiger partial charge in [-0.25, -0.2) is 4.39 Å². The van der Waals surface area contributed by atoms with Crippen LogP contribution in [0.15, 0.2) is 88.3 Å². The average molecular weight is 432 g/mol. The second-order valence-corrected chi connectivity index (χ2v) is 7.18. The molecule has 3 aromatic carbocycles. The monoisotopic (exact) mass is 432 g/mol. The standard InChI is InChI=1S/C24H17FN2O5/c25-19-9-5-16(6-10-19)13-26(24(29)17-7-11-20(12-8-17)27(30)31)14-18-15-32-22-4-2-1-3-21(22)23(18)28/h1-12,15H,13-14H2. The van der Waals surface area contributed by atoms with Crippen molar-refractivity contribution in [1.82, 2.24) is 4.90 Å². The van der Waals surface area contributed by atoms with Crippen molar-refractivity contribution in [3.05, 3.63) is 122 Å². The van der Waals surface area contributed by atoms with Crippen molar-refractivity contribution >= 4 is 22.6 Å². The van der Waals surface area contributed by atoms with Crippen LogP contribution >= 0.6 is 0 Å². The van der Waals surface area contributed by atoms with Crippen LogP contribution in [-0.2, 0) is 13.1 Å². The Hall–Kier alpha value is -4.33. The number of benzene rings is 3. The van der Waals surface area contributed by atoms with Crippen molar-refractivity contribution in [3.8, 4) is 0 Å². The van der Waals surface area contributed by atoms with E-state index in [1.54, 1.807) is 36.4 Å². The minimum Gasteiger partial charge on any atom is -0.464 e. The van der Waals surface area contributed by atoms with Gasteiger partial charge in [0.25, 0.3) is 11.6 Å². The number of carbonyl (C=O) groups excluding carboxylic acids is 1. The van der Waals surface area contributed by atoms with E-state index >= 15 is 0 Å². The van der Waals surface area contributed by atoms with Crippen LogP contribution < -0.4 is 5.43 Å². The predicted molar refractivity (Wildman–Crippen MR) is 116 cm³/mol. The van der Waals surface area contributed by atoms with Crippen LogP contribution in [0.25, 0.3) is 11.0 Å². The molecule has 0 aliphatic heterocycles. The fraction of sp³-hybridized carbons (Fsp3) is 0.0833. The first kappa shape index (κ1) is 20.9. The molecule has 0 fully saturated rings. The Morgan fingerprint density at radius 2 is 1.66 bits per heavy atom. The van der Waals surface area contributed by atoms with E-state index in [4.69, 9.17) is 4.42 Å². The van der Waals surface area contributed by atoms with Crippen LogP contribution in [0.5, 0.6) is 0 Å². The number of halogens is 1. The van der Waals surface area contributed by atoms with Crippen molar-refractivity contribution < 1.29 is 18.5 Å². The van der Waals surface area contributed by atoms with Gasteiger partial charge < -0.3 is 9.32 Å². The molecule has 4 aromatic rings. The molecule has 0 spiro atoms. The van der Waals surface area contributed by atoms with Gasteiger partial charge in [-0.1, -0.05) is 24.3 Å². The molecule has 0 saturated carbocycles. The SMILES string of the molecule is O=C(c1ccc([N+](=O)[O-])cc1)N(Cc1ccc(F)cc1)Cc1coc2ccccc2c1=O. The highest BCUT2D eigenvalue weighted by Gasteiger charge is 2.20. The minimum absolute atomic E-state index is 0.0552. The van der Waals surface area contributed by atoms with E-state index in [1.807, 2.05) is 0 Å². The molecule has 160 valence electrons. The van der Waals surface area contributed by atoms with E-state index in [0.717, 1.165) is 0 Å². The Labute approximate surface area is 181 Å². The number of para-hydroxylation sites is 1. The van der Waals surface area contributed by atoms with Crippen LogP contribution in [0.3, 0.4) is 0 Å². The first-order valence-corrected chi connectivity index (χ1v) is 9.70. The first-order valence-electron chi connectivity index (χ1n) is 9.70. The number of nitrogens with zero attached hydrogens (tertiary/aromatic N) is 2. The summed E-state index contributed by atoms with van der Waals surface area (Å²) < 4.78 is 18.9. The molecule has 0 aliphatic carbocycles. The van der Waals surface area contributed by atoms with E-state index in [-0.39, 0.29) is 35.3 Å². The smallest absolute Gasteiger partial charge is 0.269 e. The number of amides is 1. The highest BCUT2D eigenvalue weighted by molar-refractivity contribution is 5.94. The number of nitro groups is 1. The van der Waals surface area contributed by atoms with Crippen molar-refractivity contribution in [2.75, 3.05) is 0 Å². The number of non-ortho nitro benzene ring substituents is 1. The topological polar surface area (TPSA) is 93.7 Å². The largest absolute Gasteiger partial charge is 0.464 e. The summed E-state index contributed by atoms with van der Waals surface area (Å²) in [6, 6.07) is 17.7. The molecule has 0 radical (unpaired) electrons. The Kier molecular flexibility index (Phi) is 5.76. The van der Waals surface area contributed by atoms with E-state index in [9.17, 15) is 24.1 Å². The van der Waals surface area contributed by atoms with Crippen molar-refractivity contribution in [2.45, 2.75) is 13.1 Å². The summed E-state index contributed by atoms with van der Waals surface area (Å²) in [5.74, 6) is -0.839. The lowest BCUT2D eigenvalue weighted by molar-refractivity contribution is -0.384. The summed E-state index contributed by atoms with van der Waals surface area (Å²) in [6.07, 6.45) is 1.32. The van der Waals surface area contributed by atoms with Crippen LogP contribution in [-0.4, -0.2) is 15.7 Å². The minimum atomic E-state index is -0.551. The number of hydrogen-bond donors (Lipinski definition) is 0. The fourth-order valence-electron chi connectivity index (χ4n) is 3.35. The zero-order valence-electron chi connectivity index (χ0n) is 16.7. The summed E-state index contributed by atoms with van der Waals surface area (Å²) in [5, 5.41) is 11.3. The third-order valence-corrected chi connectivity index (χ3v) is 5.01. The average Bonchev–Trinajstić information content (AvgIpc) is 2.81. The van der Waals surface area contributed by atoms with E-state index in [0.29, 0.717) is 16.5 Å². The second kappa shape index (κ2) is 8.81. The molecule has 32 heavy (non-hydrogen) atoms. The lowest BCUT2D eigenvalue weighted by Gasteiger charge is -2.23. The molecule has 1 amide bonds.